The predicted octanol–water partition coefficient (Wildman–Crippen LogP) is 3.42. The van der Waals surface area contributed by atoms with E-state index in [9.17, 15) is 9.59 Å². The number of carbonyl (C=O) groups is 2. The number of rotatable bonds is 7. The van der Waals surface area contributed by atoms with E-state index >= 15 is 0 Å². The van der Waals surface area contributed by atoms with Crippen molar-refractivity contribution in [2.24, 2.45) is 0 Å². The standard InChI is InChI=1S/C24H30N2O5/c1-15-6-7-16(2)19(10-15)25-23(27)14-26-9-8-17-11-21(29-3)22(30-4)12-18(17)20(26)13-24(28)31-5/h6-7,10-12,20H,8-9,13-14H2,1-5H3,(H,25,27)/t20-/m0/s1. The van der Waals surface area contributed by atoms with E-state index in [1.807, 2.05) is 49.1 Å². The van der Waals surface area contributed by atoms with Crippen LogP contribution in [-0.2, 0) is 20.7 Å². The summed E-state index contributed by atoms with van der Waals surface area (Å²) >= 11 is 0. The third-order valence-electron chi connectivity index (χ3n) is 5.72. The molecule has 3 rings (SSSR count). The number of anilines is 1. The van der Waals surface area contributed by atoms with Crippen LogP contribution >= 0.6 is 0 Å². The number of aryl methyl sites for hydroxylation is 2. The molecule has 31 heavy (non-hydrogen) atoms. The van der Waals surface area contributed by atoms with Crippen LogP contribution in [0, 0.1) is 13.8 Å². The summed E-state index contributed by atoms with van der Waals surface area (Å²) in [5.41, 5.74) is 4.92. The molecule has 0 aromatic heterocycles. The molecule has 0 saturated carbocycles. The van der Waals surface area contributed by atoms with E-state index in [2.05, 4.69) is 5.32 Å². The molecule has 0 saturated heterocycles. The van der Waals surface area contributed by atoms with Gasteiger partial charge in [0.05, 0.1) is 34.3 Å². The molecule has 0 unspecified atom stereocenters. The van der Waals surface area contributed by atoms with Crippen LogP contribution in [0.4, 0.5) is 5.69 Å². The van der Waals surface area contributed by atoms with Gasteiger partial charge in [-0.25, -0.2) is 0 Å². The summed E-state index contributed by atoms with van der Waals surface area (Å²) in [4.78, 5) is 27.1. The van der Waals surface area contributed by atoms with Gasteiger partial charge < -0.3 is 19.5 Å². The summed E-state index contributed by atoms with van der Waals surface area (Å²) in [5.74, 6) is 0.803. The van der Waals surface area contributed by atoms with Gasteiger partial charge in [-0.15, -0.1) is 0 Å². The molecule has 0 spiro atoms. The van der Waals surface area contributed by atoms with Gasteiger partial charge in [0.15, 0.2) is 11.5 Å². The van der Waals surface area contributed by atoms with E-state index in [4.69, 9.17) is 14.2 Å². The average molecular weight is 427 g/mol. The fraction of sp³-hybridized carbons (Fsp3) is 0.417. The van der Waals surface area contributed by atoms with Gasteiger partial charge in [-0.3, -0.25) is 14.5 Å². The normalized spacial score (nSPS) is 15.7. The fourth-order valence-corrected chi connectivity index (χ4v) is 3.99. The van der Waals surface area contributed by atoms with E-state index < -0.39 is 0 Å². The second kappa shape index (κ2) is 9.83. The number of methoxy groups -OCH3 is 3. The molecule has 0 aliphatic carbocycles. The number of nitrogens with zero attached hydrogens (tertiary/aromatic N) is 1. The highest BCUT2D eigenvalue weighted by Gasteiger charge is 2.32. The molecular formula is C24H30N2O5. The number of hydrogen-bond donors (Lipinski definition) is 1. The van der Waals surface area contributed by atoms with Crippen LogP contribution in [0.25, 0.3) is 0 Å². The predicted molar refractivity (Wildman–Crippen MR) is 119 cm³/mol. The van der Waals surface area contributed by atoms with Gasteiger partial charge in [-0.05, 0) is 60.7 Å². The average Bonchev–Trinajstić information content (AvgIpc) is 2.76. The quantitative estimate of drug-likeness (QED) is 0.684. The van der Waals surface area contributed by atoms with Crippen molar-refractivity contribution in [1.82, 2.24) is 4.90 Å². The number of ether oxygens (including phenoxy) is 3. The van der Waals surface area contributed by atoms with E-state index in [1.54, 1.807) is 14.2 Å². The largest absolute Gasteiger partial charge is 0.493 e. The molecule has 1 aliphatic rings. The smallest absolute Gasteiger partial charge is 0.307 e. The number of amides is 1. The Morgan fingerprint density at radius 3 is 2.45 bits per heavy atom. The van der Waals surface area contributed by atoms with Crippen molar-refractivity contribution in [3.63, 3.8) is 0 Å². The third-order valence-corrected chi connectivity index (χ3v) is 5.72. The molecule has 7 nitrogen and oxygen atoms in total. The number of nitrogens with one attached hydrogen (secondary N) is 1. The Kier molecular flexibility index (Phi) is 7.17. The van der Waals surface area contributed by atoms with Gasteiger partial charge >= 0.3 is 5.97 Å². The lowest BCUT2D eigenvalue weighted by Crippen LogP contribution is -2.41. The summed E-state index contributed by atoms with van der Waals surface area (Å²) in [6.07, 6.45) is 0.889. The first-order valence-corrected chi connectivity index (χ1v) is 10.3. The van der Waals surface area contributed by atoms with Crippen molar-refractivity contribution >= 4 is 17.6 Å². The number of fused-ring (bicyclic) bond motifs is 1. The molecule has 1 aliphatic heterocycles. The topological polar surface area (TPSA) is 77.1 Å². The first-order valence-electron chi connectivity index (χ1n) is 10.3. The van der Waals surface area contributed by atoms with E-state index in [1.165, 1.54) is 7.11 Å². The highest BCUT2D eigenvalue weighted by molar-refractivity contribution is 5.93. The third kappa shape index (κ3) is 5.17. The maximum atomic E-state index is 12.9. The Labute approximate surface area is 183 Å². The van der Waals surface area contributed by atoms with Crippen molar-refractivity contribution in [3.8, 4) is 11.5 Å². The van der Waals surface area contributed by atoms with E-state index in [0.29, 0.717) is 18.0 Å². The fourth-order valence-electron chi connectivity index (χ4n) is 3.99. The van der Waals surface area contributed by atoms with Crippen molar-refractivity contribution in [2.75, 3.05) is 39.7 Å². The zero-order valence-corrected chi connectivity index (χ0v) is 18.8. The van der Waals surface area contributed by atoms with Crippen molar-refractivity contribution in [2.45, 2.75) is 32.7 Å². The number of benzene rings is 2. The molecule has 1 amide bonds. The van der Waals surface area contributed by atoms with Crippen LogP contribution in [-0.4, -0.2) is 51.2 Å². The first-order chi connectivity index (χ1) is 14.9. The Bertz CT molecular complexity index is 973. The Morgan fingerprint density at radius 1 is 1.06 bits per heavy atom. The second-order valence-corrected chi connectivity index (χ2v) is 7.79. The molecule has 1 N–H and O–H groups in total. The minimum absolute atomic E-state index is 0.118. The van der Waals surface area contributed by atoms with Crippen LogP contribution in [0.2, 0.25) is 0 Å². The summed E-state index contributed by atoms with van der Waals surface area (Å²) in [6.45, 7) is 4.77. The zero-order valence-electron chi connectivity index (χ0n) is 18.8. The molecule has 2 aromatic carbocycles. The van der Waals surface area contributed by atoms with Crippen molar-refractivity contribution in [3.05, 3.63) is 52.6 Å². The van der Waals surface area contributed by atoms with E-state index in [0.717, 1.165) is 34.4 Å². The van der Waals surface area contributed by atoms with Gasteiger partial charge in [-0.1, -0.05) is 12.1 Å². The summed E-state index contributed by atoms with van der Waals surface area (Å²) in [7, 11) is 4.55. The van der Waals surface area contributed by atoms with Gasteiger partial charge in [-0.2, -0.15) is 0 Å². The lowest BCUT2D eigenvalue weighted by molar-refractivity contribution is -0.142. The summed E-state index contributed by atoms with van der Waals surface area (Å²) < 4.78 is 15.8. The maximum absolute atomic E-state index is 12.9. The number of carbonyl (C=O) groups excluding carboxylic acids is 2. The molecule has 0 bridgehead atoms. The first kappa shape index (κ1) is 22.6. The maximum Gasteiger partial charge on any atom is 0.307 e. The van der Waals surface area contributed by atoms with Crippen LogP contribution in [0.15, 0.2) is 30.3 Å². The van der Waals surface area contributed by atoms with Gasteiger partial charge in [0.2, 0.25) is 5.91 Å². The molecule has 1 heterocycles. The van der Waals surface area contributed by atoms with Crippen LogP contribution in [0.1, 0.15) is 34.7 Å². The van der Waals surface area contributed by atoms with E-state index in [-0.39, 0.29) is 30.9 Å². The van der Waals surface area contributed by atoms with Gasteiger partial charge in [0.1, 0.15) is 0 Å². The Morgan fingerprint density at radius 2 is 1.77 bits per heavy atom. The molecule has 0 fully saturated rings. The van der Waals surface area contributed by atoms with Gasteiger partial charge in [0, 0.05) is 18.3 Å². The molecule has 0 radical (unpaired) electrons. The number of esters is 1. The lowest BCUT2D eigenvalue weighted by Gasteiger charge is -2.36. The molecular weight excluding hydrogens is 396 g/mol. The highest BCUT2D eigenvalue weighted by atomic mass is 16.5. The molecule has 7 heteroatoms. The zero-order chi connectivity index (χ0) is 22.5. The SMILES string of the molecule is COC(=O)C[C@H]1c2cc(OC)c(OC)cc2CCN1CC(=O)Nc1cc(C)ccc1C. The monoisotopic (exact) mass is 426 g/mol. The minimum atomic E-state index is -0.326. The summed E-state index contributed by atoms with van der Waals surface area (Å²) in [5, 5.41) is 3.01. The Hall–Kier alpha value is -3.06. The molecule has 1 atom stereocenters. The lowest BCUT2D eigenvalue weighted by atomic mass is 9.90. The van der Waals surface area contributed by atoms with Gasteiger partial charge in [0.25, 0.3) is 0 Å². The second-order valence-electron chi connectivity index (χ2n) is 7.79. The van der Waals surface area contributed by atoms with Crippen molar-refractivity contribution in [1.29, 1.82) is 0 Å². The van der Waals surface area contributed by atoms with Crippen molar-refractivity contribution < 1.29 is 23.8 Å². The highest BCUT2D eigenvalue weighted by Crippen LogP contribution is 2.39. The number of hydrogen-bond acceptors (Lipinski definition) is 6. The van der Waals surface area contributed by atoms with Crippen LogP contribution in [0.3, 0.4) is 0 Å². The Balaban J connectivity index is 1.86. The van der Waals surface area contributed by atoms with Crippen LogP contribution < -0.4 is 14.8 Å². The molecule has 166 valence electrons. The molecule has 2 aromatic rings. The van der Waals surface area contributed by atoms with Crippen LogP contribution in [0.5, 0.6) is 11.5 Å². The minimum Gasteiger partial charge on any atom is -0.493 e. The summed E-state index contributed by atoms with van der Waals surface area (Å²) in [6, 6.07) is 9.52.